The molecule has 0 spiro atoms. The first-order valence-electron chi connectivity index (χ1n) is 14.2. The largest absolute Gasteiger partial charge is 0.493 e. The number of carbonyl (C=O) groups is 6. The third-order valence-corrected chi connectivity index (χ3v) is 6.75. The van der Waals surface area contributed by atoms with Gasteiger partial charge in [-0.05, 0) is 18.9 Å². The van der Waals surface area contributed by atoms with E-state index in [-0.39, 0.29) is 30.8 Å². The van der Waals surface area contributed by atoms with Gasteiger partial charge in [-0.3, -0.25) is 24.0 Å². The highest BCUT2D eigenvalue weighted by molar-refractivity contribution is 5.99. The van der Waals surface area contributed by atoms with Gasteiger partial charge < -0.3 is 33.7 Å². The first-order valence-corrected chi connectivity index (χ1v) is 14.2. The molecule has 1 aromatic carbocycles. The van der Waals surface area contributed by atoms with Crippen LogP contribution in [0.5, 0.6) is 11.5 Å². The molecule has 2 heterocycles. The first kappa shape index (κ1) is 34.5. The molecule has 0 bridgehead atoms. The zero-order chi connectivity index (χ0) is 33.1. The number of amides is 1. The molecule has 1 aliphatic rings. The van der Waals surface area contributed by atoms with E-state index in [1.807, 2.05) is 6.07 Å². The van der Waals surface area contributed by atoms with Crippen LogP contribution >= 0.6 is 0 Å². The van der Waals surface area contributed by atoms with Gasteiger partial charge in [0.25, 0.3) is 5.91 Å². The summed E-state index contributed by atoms with van der Waals surface area (Å²) in [5.41, 5.74) is 0.323. The molecule has 4 atom stereocenters. The predicted octanol–water partition coefficient (Wildman–Crippen LogP) is 1.96. The van der Waals surface area contributed by atoms with Crippen molar-refractivity contribution in [2.24, 2.45) is 11.8 Å². The molecule has 0 saturated carbocycles. The topological polar surface area (TPSA) is 183 Å². The molecule has 3 rings (SSSR count). The Balaban J connectivity index is 1.86. The number of rotatable bonds is 11. The number of aromatic nitrogens is 1. The minimum absolute atomic E-state index is 0.0303. The quantitative estimate of drug-likeness (QED) is 0.282. The number of pyridine rings is 1. The number of hydrogen-bond acceptors (Lipinski definition) is 13. The van der Waals surface area contributed by atoms with Gasteiger partial charge in [0.05, 0.1) is 33.0 Å². The molecular formula is C31H36N2O12. The van der Waals surface area contributed by atoms with E-state index in [9.17, 15) is 28.8 Å². The Morgan fingerprint density at radius 1 is 1.00 bits per heavy atom. The minimum atomic E-state index is -1.52. The highest BCUT2D eigenvalue weighted by Gasteiger charge is 2.42. The molecule has 1 saturated heterocycles. The van der Waals surface area contributed by atoms with E-state index in [1.165, 1.54) is 33.4 Å². The van der Waals surface area contributed by atoms with E-state index < -0.39 is 78.1 Å². The second kappa shape index (κ2) is 16.2. The molecule has 14 heteroatoms. The molecule has 1 fully saturated rings. The Morgan fingerprint density at radius 3 is 2.33 bits per heavy atom. The maximum Gasteiger partial charge on any atom is 0.332 e. The lowest BCUT2D eigenvalue weighted by Gasteiger charge is -2.29. The summed E-state index contributed by atoms with van der Waals surface area (Å²) < 4.78 is 31.7. The van der Waals surface area contributed by atoms with Crippen LogP contribution in [0.2, 0.25) is 0 Å². The summed E-state index contributed by atoms with van der Waals surface area (Å²) in [6.45, 7) is 4.11. The minimum Gasteiger partial charge on any atom is -0.493 e. The maximum atomic E-state index is 13.4. The third-order valence-electron chi connectivity index (χ3n) is 6.75. The number of esters is 5. The van der Waals surface area contributed by atoms with Crippen LogP contribution in [-0.2, 0) is 49.3 Å². The van der Waals surface area contributed by atoms with Gasteiger partial charge in [-0.15, -0.1) is 0 Å². The normalized spacial score (nSPS) is 20.0. The fraction of sp³-hybridized carbons (Fsp3) is 0.452. The average Bonchev–Trinajstić information content (AvgIpc) is 3.06. The van der Waals surface area contributed by atoms with Crippen LogP contribution < -0.4 is 14.8 Å². The fourth-order valence-corrected chi connectivity index (χ4v) is 4.30. The number of hydrogen-bond donors (Lipinski definition) is 1. The smallest absolute Gasteiger partial charge is 0.332 e. The van der Waals surface area contributed by atoms with Crippen LogP contribution in [0.4, 0.5) is 0 Å². The Hall–Kier alpha value is -5.01. The van der Waals surface area contributed by atoms with E-state index in [4.69, 9.17) is 23.7 Å². The van der Waals surface area contributed by atoms with E-state index in [0.29, 0.717) is 0 Å². The molecule has 45 heavy (non-hydrogen) atoms. The number of nitrogens with one attached hydrogen (secondary N) is 1. The second-order valence-electron chi connectivity index (χ2n) is 10.4. The van der Waals surface area contributed by atoms with Crippen molar-refractivity contribution in [3.05, 3.63) is 53.9 Å². The standard InChI is InChI=1S/C31H36N2O12/c1-17(2)29(37)45-26-18(3)43-31(39)21(16-42-30(38)20(26)15-19-9-7-6-8-10-19)33-28(36)25-27(22(40-4)13-14-32-25)44-24(35)12-11-23(34)41-5/h6-10,13-14,17-18,20-21,26H,11-12,15-16H2,1-5H3,(H,33,36)/t18-,20+,21-,26-/m0/s1. The van der Waals surface area contributed by atoms with Gasteiger partial charge in [0.15, 0.2) is 23.6 Å². The van der Waals surface area contributed by atoms with E-state index in [1.54, 1.807) is 38.1 Å². The zero-order valence-electron chi connectivity index (χ0n) is 25.6. The lowest BCUT2D eigenvalue weighted by Crippen LogP contribution is -2.47. The number of cyclic esters (lactones) is 2. The second-order valence-corrected chi connectivity index (χ2v) is 10.4. The summed E-state index contributed by atoms with van der Waals surface area (Å²) >= 11 is 0. The lowest BCUT2D eigenvalue weighted by molar-refractivity contribution is -0.176. The van der Waals surface area contributed by atoms with Crippen molar-refractivity contribution in [3.63, 3.8) is 0 Å². The average molecular weight is 629 g/mol. The van der Waals surface area contributed by atoms with Crippen LogP contribution in [-0.4, -0.2) is 79.8 Å². The molecule has 0 radical (unpaired) electrons. The van der Waals surface area contributed by atoms with Gasteiger partial charge in [0.1, 0.15) is 18.6 Å². The van der Waals surface area contributed by atoms with Crippen LogP contribution in [0.15, 0.2) is 42.6 Å². The molecule has 242 valence electrons. The fourth-order valence-electron chi connectivity index (χ4n) is 4.30. The van der Waals surface area contributed by atoms with Gasteiger partial charge in [0, 0.05) is 12.3 Å². The molecule has 0 aliphatic carbocycles. The predicted molar refractivity (Wildman–Crippen MR) is 154 cm³/mol. The van der Waals surface area contributed by atoms with Gasteiger partial charge >= 0.3 is 29.8 Å². The van der Waals surface area contributed by atoms with Gasteiger partial charge in [-0.25, -0.2) is 9.78 Å². The number of ether oxygens (including phenoxy) is 6. The summed E-state index contributed by atoms with van der Waals surface area (Å²) in [5, 5.41) is 2.40. The van der Waals surface area contributed by atoms with Crippen molar-refractivity contribution in [1.82, 2.24) is 10.3 Å². The van der Waals surface area contributed by atoms with Crippen molar-refractivity contribution in [3.8, 4) is 11.5 Å². The summed E-state index contributed by atoms with van der Waals surface area (Å²) in [7, 11) is 2.44. The monoisotopic (exact) mass is 628 g/mol. The molecule has 1 amide bonds. The highest BCUT2D eigenvalue weighted by atomic mass is 16.6. The zero-order valence-corrected chi connectivity index (χ0v) is 25.6. The Morgan fingerprint density at radius 2 is 1.69 bits per heavy atom. The van der Waals surface area contributed by atoms with Crippen molar-refractivity contribution in [1.29, 1.82) is 0 Å². The lowest BCUT2D eigenvalue weighted by atomic mass is 9.91. The molecule has 2 aromatic rings. The van der Waals surface area contributed by atoms with Crippen LogP contribution in [0.1, 0.15) is 49.7 Å². The number of benzene rings is 1. The summed E-state index contributed by atoms with van der Waals surface area (Å²) in [6, 6.07) is 8.79. The van der Waals surface area contributed by atoms with Crippen molar-refractivity contribution < 1.29 is 57.2 Å². The van der Waals surface area contributed by atoms with Crippen molar-refractivity contribution in [2.75, 3.05) is 20.8 Å². The van der Waals surface area contributed by atoms with Crippen LogP contribution in [0, 0.1) is 11.8 Å². The Bertz CT molecular complexity index is 1390. The maximum absolute atomic E-state index is 13.4. The molecule has 0 unspecified atom stereocenters. The summed E-state index contributed by atoms with van der Waals surface area (Å²) in [4.78, 5) is 80.4. The van der Waals surface area contributed by atoms with Gasteiger partial charge in [-0.1, -0.05) is 44.2 Å². The number of carbonyl (C=O) groups excluding carboxylic acids is 6. The van der Waals surface area contributed by atoms with Crippen molar-refractivity contribution >= 4 is 35.8 Å². The van der Waals surface area contributed by atoms with Crippen LogP contribution in [0.3, 0.4) is 0 Å². The summed E-state index contributed by atoms with van der Waals surface area (Å²) in [5.74, 6) is -6.82. The molecule has 1 aliphatic heterocycles. The number of nitrogens with zero attached hydrogens (tertiary/aromatic N) is 1. The van der Waals surface area contributed by atoms with Crippen molar-refractivity contribution in [2.45, 2.75) is 58.3 Å². The van der Waals surface area contributed by atoms with E-state index in [2.05, 4.69) is 15.0 Å². The highest BCUT2D eigenvalue weighted by Crippen LogP contribution is 2.30. The SMILES string of the molecule is COC(=O)CCC(=O)Oc1c(OC)ccnc1C(=O)N[C@H]1COC(=O)[C@H](Cc2ccccc2)[C@@H](OC(=O)C(C)C)[C@H](C)OC1=O. The Labute approximate surface area is 259 Å². The molecule has 1 aromatic heterocycles. The Kier molecular flexibility index (Phi) is 12.4. The number of methoxy groups -OCH3 is 2. The van der Waals surface area contributed by atoms with E-state index >= 15 is 0 Å². The third kappa shape index (κ3) is 9.49. The van der Waals surface area contributed by atoms with Gasteiger partial charge in [-0.2, -0.15) is 0 Å². The van der Waals surface area contributed by atoms with Crippen LogP contribution in [0.25, 0.3) is 0 Å². The molecule has 1 N–H and O–H groups in total. The summed E-state index contributed by atoms with van der Waals surface area (Å²) in [6.07, 6.45) is -1.60. The molecule has 14 nitrogen and oxygen atoms in total. The van der Waals surface area contributed by atoms with E-state index in [0.717, 1.165) is 5.56 Å². The molecular weight excluding hydrogens is 592 g/mol. The first-order chi connectivity index (χ1) is 21.4. The van der Waals surface area contributed by atoms with Gasteiger partial charge in [0.2, 0.25) is 5.75 Å².